The van der Waals surface area contributed by atoms with Crippen molar-refractivity contribution in [3.8, 4) is 5.75 Å². The summed E-state index contributed by atoms with van der Waals surface area (Å²) in [5.74, 6) is 0.831. The second kappa shape index (κ2) is 4.13. The van der Waals surface area contributed by atoms with E-state index >= 15 is 0 Å². The average Bonchev–Trinajstić information content (AvgIpc) is 2.16. The molecule has 0 bridgehead atoms. The van der Waals surface area contributed by atoms with E-state index in [1.54, 1.807) is 12.1 Å². The fourth-order valence-electron chi connectivity index (χ4n) is 0.974. The number of nitro benzene ring substituents is 1. The first kappa shape index (κ1) is 9.85. The zero-order chi connectivity index (χ0) is 9.84. The molecule has 5 heteroatoms. The minimum Gasteiger partial charge on any atom is -0.497 e. The van der Waals surface area contributed by atoms with Gasteiger partial charge < -0.3 is 4.74 Å². The summed E-state index contributed by atoms with van der Waals surface area (Å²) in [6.45, 7) is 0. The van der Waals surface area contributed by atoms with Crippen molar-refractivity contribution in [3.05, 3.63) is 33.9 Å². The van der Waals surface area contributed by atoms with E-state index in [4.69, 9.17) is 4.74 Å². The van der Waals surface area contributed by atoms with Crippen LogP contribution >= 0.6 is 12.6 Å². The molecule has 70 valence electrons. The van der Waals surface area contributed by atoms with Crippen molar-refractivity contribution in [1.29, 1.82) is 0 Å². The van der Waals surface area contributed by atoms with E-state index in [0.717, 1.165) is 0 Å². The zero-order valence-electron chi connectivity index (χ0n) is 7.06. The molecule has 1 rings (SSSR count). The van der Waals surface area contributed by atoms with Crippen LogP contribution in [0.3, 0.4) is 0 Å². The summed E-state index contributed by atoms with van der Waals surface area (Å²) in [5, 5.41) is 10.6. The molecular weight excluding hydrogens is 190 g/mol. The van der Waals surface area contributed by atoms with Crippen LogP contribution in [0.5, 0.6) is 5.75 Å². The van der Waals surface area contributed by atoms with E-state index < -0.39 is 4.92 Å². The van der Waals surface area contributed by atoms with Crippen molar-refractivity contribution in [2.24, 2.45) is 0 Å². The Morgan fingerprint density at radius 3 is 2.77 bits per heavy atom. The molecule has 0 aliphatic carbocycles. The minimum atomic E-state index is -0.436. The van der Waals surface area contributed by atoms with Gasteiger partial charge in [0, 0.05) is 11.3 Å². The van der Waals surface area contributed by atoms with Crippen molar-refractivity contribution in [1.82, 2.24) is 0 Å². The summed E-state index contributed by atoms with van der Waals surface area (Å²) in [7, 11) is 1.47. The van der Waals surface area contributed by atoms with Crippen LogP contribution in [0.1, 0.15) is 5.56 Å². The van der Waals surface area contributed by atoms with Crippen molar-refractivity contribution in [3.63, 3.8) is 0 Å². The van der Waals surface area contributed by atoms with Gasteiger partial charge in [-0.1, -0.05) is 0 Å². The Kier molecular flexibility index (Phi) is 3.13. The lowest BCUT2D eigenvalue weighted by Gasteiger charge is -2.02. The molecule has 0 aromatic heterocycles. The average molecular weight is 199 g/mol. The summed E-state index contributed by atoms with van der Waals surface area (Å²) < 4.78 is 4.88. The molecule has 0 saturated carbocycles. The molecule has 0 aliphatic rings. The highest BCUT2D eigenvalue weighted by Crippen LogP contribution is 2.25. The molecule has 1 aromatic carbocycles. The molecule has 0 heterocycles. The van der Waals surface area contributed by atoms with E-state index in [9.17, 15) is 10.1 Å². The Bertz CT molecular complexity index is 327. The summed E-state index contributed by atoms with van der Waals surface area (Å²) in [6.07, 6.45) is 0. The summed E-state index contributed by atoms with van der Waals surface area (Å²) in [5.41, 5.74) is 0.642. The highest BCUT2D eigenvalue weighted by Gasteiger charge is 2.13. The van der Waals surface area contributed by atoms with E-state index in [2.05, 4.69) is 12.6 Å². The summed E-state index contributed by atoms with van der Waals surface area (Å²) in [4.78, 5) is 10.1. The maximum atomic E-state index is 10.6. The van der Waals surface area contributed by atoms with E-state index in [0.29, 0.717) is 17.1 Å². The molecule has 0 radical (unpaired) electrons. The van der Waals surface area contributed by atoms with Gasteiger partial charge in [-0.3, -0.25) is 10.1 Å². The van der Waals surface area contributed by atoms with Crippen molar-refractivity contribution in [2.45, 2.75) is 5.75 Å². The van der Waals surface area contributed by atoms with Gasteiger partial charge >= 0.3 is 0 Å². The smallest absolute Gasteiger partial charge is 0.277 e. The van der Waals surface area contributed by atoms with Gasteiger partial charge in [0.2, 0.25) is 0 Å². The van der Waals surface area contributed by atoms with Crippen LogP contribution in [0.2, 0.25) is 0 Å². The maximum absolute atomic E-state index is 10.6. The fourth-order valence-corrected chi connectivity index (χ4v) is 1.24. The van der Waals surface area contributed by atoms with Crippen LogP contribution < -0.4 is 4.74 Å². The number of hydrogen-bond acceptors (Lipinski definition) is 4. The molecule has 4 nitrogen and oxygen atoms in total. The number of methoxy groups -OCH3 is 1. The third-order valence-electron chi connectivity index (χ3n) is 1.66. The monoisotopic (exact) mass is 199 g/mol. The number of thiol groups is 1. The van der Waals surface area contributed by atoms with Gasteiger partial charge in [-0.2, -0.15) is 12.6 Å². The Hall–Kier alpha value is -1.23. The first-order chi connectivity index (χ1) is 6.19. The molecule has 0 atom stereocenters. The van der Waals surface area contributed by atoms with Crippen LogP contribution in [0, 0.1) is 10.1 Å². The summed E-state index contributed by atoms with van der Waals surface area (Å²) >= 11 is 3.99. The lowest BCUT2D eigenvalue weighted by molar-refractivity contribution is -0.385. The van der Waals surface area contributed by atoms with Gasteiger partial charge in [-0.25, -0.2) is 0 Å². The molecule has 13 heavy (non-hydrogen) atoms. The summed E-state index contributed by atoms with van der Waals surface area (Å²) in [6, 6.07) is 4.72. The normalized spacial score (nSPS) is 9.69. The van der Waals surface area contributed by atoms with E-state index in [1.807, 2.05) is 0 Å². The number of benzene rings is 1. The highest BCUT2D eigenvalue weighted by molar-refractivity contribution is 7.79. The third-order valence-corrected chi connectivity index (χ3v) is 2.00. The predicted molar refractivity (Wildman–Crippen MR) is 52.3 cm³/mol. The molecule has 0 amide bonds. The Labute approximate surface area is 81.1 Å². The Morgan fingerprint density at radius 2 is 2.31 bits per heavy atom. The number of hydrogen-bond donors (Lipinski definition) is 1. The molecule has 0 fully saturated rings. The van der Waals surface area contributed by atoms with E-state index in [1.165, 1.54) is 13.2 Å². The molecule has 0 N–H and O–H groups in total. The second-order valence-electron chi connectivity index (χ2n) is 2.41. The molecule has 0 aliphatic heterocycles. The number of ether oxygens (including phenoxy) is 1. The maximum Gasteiger partial charge on any atom is 0.277 e. The lowest BCUT2D eigenvalue weighted by atomic mass is 10.2. The predicted octanol–water partition coefficient (Wildman–Crippen LogP) is 2.03. The fraction of sp³-hybridized carbons (Fsp3) is 0.250. The van der Waals surface area contributed by atoms with Crippen LogP contribution in [0.25, 0.3) is 0 Å². The highest BCUT2D eigenvalue weighted by atomic mass is 32.1. The van der Waals surface area contributed by atoms with Gasteiger partial charge in [-0.05, 0) is 12.1 Å². The quantitative estimate of drug-likeness (QED) is 0.460. The van der Waals surface area contributed by atoms with Crippen molar-refractivity contribution < 1.29 is 9.66 Å². The molecule has 1 aromatic rings. The van der Waals surface area contributed by atoms with E-state index in [-0.39, 0.29) is 5.69 Å². The van der Waals surface area contributed by atoms with Crippen LogP contribution in [-0.2, 0) is 5.75 Å². The number of nitro groups is 1. The van der Waals surface area contributed by atoms with Crippen LogP contribution in [0.15, 0.2) is 18.2 Å². The largest absolute Gasteiger partial charge is 0.497 e. The van der Waals surface area contributed by atoms with Crippen molar-refractivity contribution >= 4 is 18.3 Å². The second-order valence-corrected chi connectivity index (χ2v) is 2.73. The van der Waals surface area contributed by atoms with Crippen LogP contribution in [-0.4, -0.2) is 12.0 Å². The lowest BCUT2D eigenvalue weighted by Crippen LogP contribution is -1.94. The number of nitrogens with zero attached hydrogens (tertiary/aromatic N) is 1. The van der Waals surface area contributed by atoms with Gasteiger partial charge in [-0.15, -0.1) is 0 Å². The molecular formula is C8H9NO3S. The first-order valence-corrected chi connectivity index (χ1v) is 4.24. The zero-order valence-corrected chi connectivity index (χ0v) is 7.95. The number of rotatable bonds is 3. The van der Waals surface area contributed by atoms with Crippen molar-refractivity contribution in [2.75, 3.05) is 7.11 Å². The minimum absolute atomic E-state index is 0.0503. The van der Waals surface area contributed by atoms with Gasteiger partial charge in [0.1, 0.15) is 5.75 Å². The molecule has 0 spiro atoms. The van der Waals surface area contributed by atoms with Gasteiger partial charge in [0.05, 0.1) is 18.1 Å². The van der Waals surface area contributed by atoms with Gasteiger partial charge in [0.15, 0.2) is 0 Å². The topological polar surface area (TPSA) is 52.4 Å². The molecule has 0 unspecified atom stereocenters. The van der Waals surface area contributed by atoms with Crippen LogP contribution in [0.4, 0.5) is 5.69 Å². The SMILES string of the molecule is COc1ccc(CS)c([N+](=O)[O-])c1. The Balaban J connectivity index is 3.18. The third kappa shape index (κ3) is 2.12. The Morgan fingerprint density at radius 1 is 1.62 bits per heavy atom. The molecule has 0 saturated heterocycles. The van der Waals surface area contributed by atoms with Gasteiger partial charge in [0.25, 0.3) is 5.69 Å². The standard InChI is InChI=1S/C8H9NO3S/c1-12-7-3-2-6(5-13)8(4-7)9(10)11/h2-4,13H,5H2,1H3. The first-order valence-electron chi connectivity index (χ1n) is 3.61.